The summed E-state index contributed by atoms with van der Waals surface area (Å²) in [7, 11) is 1.72. The zero-order chi connectivity index (χ0) is 32.7. The number of aromatic nitrogens is 6. The predicted molar refractivity (Wildman–Crippen MR) is 182 cm³/mol. The molecule has 4 aromatic heterocycles. The first-order chi connectivity index (χ1) is 22.8. The smallest absolute Gasteiger partial charge is 0.326 e. The summed E-state index contributed by atoms with van der Waals surface area (Å²) < 4.78 is 3.82. The lowest BCUT2D eigenvalue weighted by molar-refractivity contribution is -0.130. The zero-order valence-electron chi connectivity index (χ0n) is 26.4. The summed E-state index contributed by atoms with van der Waals surface area (Å²) >= 11 is 0. The Kier molecular flexibility index (Phi) is 7.72. The second-order valence-electron chi connectivity index (χ2n) is 11.6. The van der Waals surface area contributed by atoms with Crippen LogP contribution >= 0.6 is 0 Å². The minimum atomic E-state index is -0.289. The van der Waals surface area contributed by atoms with E-state index in [9.17, 15) is 14.4 Å². The van der Waals surface area contributed by atoms with E-state index in [4.69, 9.17) is 9.97 Å². The van der Waals surface area contributed by atoms with E-state index in [-0.39, 0.29) is 17.5 Å². The lowest BCUT2D eigenvalue weighted by atomic mass is 10.0. The number of para-hydroxylation sites is 1. The maximum Gasteiger partial charge on any atom is 0.326 e. The molecule has 236 valence electrons. The molecule has 1 aliphatic rings. The average Bonchev–Trinajstić information content (AvgIpc) is 3.61. The largest absolute Gasteiger partial charge is 0.347 e. The van der Waals surface area contributed by atoms with Crippen molar-refractivity contribution >= 4 is 39.7 Å². The van der Waals surface area contributed by atoms with E-state index in [0.29, 0.717) is 25.3 Å². The van der Waals surface area contributed by atoms with E-state index in [2.05, 4.69) is 32.8 Å². The normalized spacial score (nSPS) is 13.0. The van der Waals surface area contributed by atoms with Gasteiger partial charge in [-0.05, 0) is 29.7 Å². The van der Waals surface area contributed by atoms with Gasteiger partial charge >= 0.3 is 5.69 Å². The third-order valence-corrected chi connectivity index (χ3v) is 8.79. The van der Waals surface area contributed by atoms with Gasteiger partial charge in [0.15, 0.2) is 0 Å². The maximum absolute atomic E-state index is 12.8. The number of fused-ring (bicyclic) bond motifs is 3. The molecule has 1 aliphatic heterocycles. The van der Waals surface area contributed by atoms with Gasteiger partial charge in [0.05, 0.1) is 34.7 Å². The predicted octanol–water partition coefficient (Wildman–Crippen LogP) is 4.71. The first-order valence-electron chi connectivity index (χ1n) is 15.6. The minimum Gasteiger partial charge on any atom is -0.347 e. The van der Waals surface area contributed by atoms with Crippen molar-refractivity contribution in [3.8, 4) is 22.5 Å². The Bertz CT molecular complexity index is 2260. The standard InChI is InChI=1S/C36H34N8O3/c1-4-32-41-33(31-21-43(22(2)45)16-17-44(31)32)26-11-5-9-24-18-30(39-20-27(24)26)25-13-14-29(38-19-25)35(46)37-15-7-10-23-8-6-12-28-34(23)42(3)36(47)40-28/h5-14,18-20H,4,15-17,21H2,1-3H3,(H,37,46)(H,40,47)/b10-7+. The number of carbonyl (C=O) groups is 2. The lowest BCUT2D eigenvalue weighted by Gasteiger charge is -2.28. The third kappa shape index (κ3) is 5.50. The fourth-order valence-corrected chi connectivity index (χ4v) is 6.31. The molecular weight excluding hydrogens is 592 g/mol. The molecule has 0 saturated carbocycles. The number of aromatic amines is 1. The van der Waals surface area contributed by atoms with Gasteiger partial charge < -0.3 is 19.8 Å². The second kappa shape index (κ2) is 12.2. The number of rotatable bonds is 7. The maximum atomic E-state index is 12.8. The lowest BCUT2D eigenvalue weighted by Crippen LogP contribution is -2.37. The molecule has 0 aliphatic carbocycles. The number of amides is 2. The average molecular weight is 627 g/mol. The van der Waals surface area contributed by atoms with Gasteiger partial charge in [-0.2, -0.15) is 0 Å². The number of nitrogens with zero attached hydrogens (tertiary/aromatic N) is 6. The molecular formula is C36H34N8O3. The van der Waals surface area contributed by atoms with E-state index >= 15 is 0 Å². The number of imidazole rings is 2. The van der Waals surface area contributed by atoms with E-state index < -0.39 is 0 Å². The van der Waals surface area contributed by atoms with Crippen LogP contribution in [0.3, 0.4) is 0 Å². The molecule has 0 spiro atoms. The molecule has 0 fully saturated rings. The van der Waals surface area contributed by atoms with Crippen molar-refractivity contribution in [3.05, 3.63) is 106 Å². The molecule has 2 N–H and O–H groups in total. The van der Waals surface area contributed by atoms with Crippen LogP contribution < -0.4 is 11.0 Å². The molecule has 47 heavy (non-hydrogen) atoms. The van der Waals surface area contributed by atoms with Gasteiger partial charge in [-0.3, -0.25) is 24.1 Å². The first-order valence-corrected chi connectivity index (χ1v) is 15.6. The van der Waals surface area contributed by atoms with Crippen LogP contribution in [0.1, 0.15) is 41.4 Å². The zero-order valence-corrected chi connectivity index (χ0v) is 26.4. The molecule has 0 unspecified atom stereocenters. The number of hydrogen-bond donors (Lipinski definition) is 2. The van der Waals surface area contributed by atoms with Gasteiger partial charge in [-0.15, -0.1) is 0 Å². The molecule has 5 heterocycles. The van der Waals surface area contributed by atoms with Crippen LogP contribution in [0.5, 0.6) is 0 Å². The highest BCUT2D eigenvalue weighted by molar-refractivity contribution is 5.97. The first kappa shape index (κ1) is 29.8. The summed E-state index contributed by atoms with van der Waals surface area (Å²) in [5, 5.41) is 4.86. The fourth-order valence-electron chi connectivity index (χ4n) is 6.31. The number of hydrogen-bond acceptors (Lipinski definition) is 6. The molecule has 0 bridgehead atoms. The third-order valence-electron chi connectivity index (χ3n) is 8.79. The highest BCUT2D eigenvalue weighted by atomic mass is 16.2. The molecule has 11 heteroatoms. The molecule has 0 saturated heterocycles. The highest BCUT2D eigenvalue weighted by Crippen LogP contribution is 2.34. The van der Waals surface area contributed by atoms with E-state index in [1.807, 2.05) is 65.7 Å². The van der Waals surface area contributed by atoms with Crippen LogP contribution in [-0.4, -0.2) is 58.9 Å². The molecule has 2 amide bonds. The number of carbonyl (C=O) groups excluding carboxylic acids is 2. The number of aryl methyl sites for hydroxylation is 2. The Morgan fingerprint density at radius 3 is 2.68 bits per heavy atom. The van der Waals surface area contributed by atoms with Gasteiger partial charge in [0, 0.05) is 74.5 Å². The summed E-state index contributed by atoms with van der Waals surface area (Å²) in [6.45, 7) is 5.98. The molecule has 2 aromatic carbocycles. The van der Waals surface area contributed by atoms with Crippen LogP contribution in [0.15, 0.2) is 77.9 Å². The van der Waals surface area contributed by atoms with Crippen molar-refractivity contribution in [2.24, 2.45) is 7.05 Å². The Balaban J connectivity index is 1.08. The summed E-state index contributed by atoms with van der Waals surface area (Å²) in [4.78, 5) is 55.9. The van der Waals surface area contributed by atoms with Crippen LogP contribution in [-0.2, 0) is 31.4 Å². The Hall–Kier alpha value is -5.84. The topological polar surface area (TPSA) is 131 Å². The molecule has 0 atom stereocenters. The molecule has 6 aromatic rings. The van der Waals surface area contributed by atoms with Crippen LogP contribution in [0.25, 0.3) is 50.4 Å². The quantitative estimate of drug-likeness (QED) is 0.264. The summed E-state index contributed by atoms with van der Waals surface area (Å²) in [6.07, 6.45) is 8.06. The van der Waals surface area contributed by atoms with E-state index in [0.717, 1.165) is 74.4 Å². The van der Waals surface area contributed by atoms with E-state index in [1.54, 1.807) is 30.8 Å². The highest BCUT2D eigenvalue weighted by Gasteiger charge is 2.26. The van der Waals surface area contributed by atoms with Crippen molar-refractivity contribution in [1.29, 1.82) is 0 Å². The van der Waals surface area contributed by atoms with Crippen molar-refractivity contribution < 1.29 is 9.59 Å². The number of benzene rings is 2. The van der Waals surface area contributed by atoms with E-state index in [1.165, 1.54) is 0 Å². The van der Waals surface area contributed by atoms with Gasteiger partial charge in [-0.25, -0.2) is 9.78 Å². The number of pyridine rings is 2. The van der Waals surface area contributed by atoms with Crippen LogP contribution in [0.4, 0.5) is 0 Å². The summed E-state index contributed by atoms with van der Waals surface area (Å²) in [6, 6.07) is 17.3. The van der Waals surface area contributed by atoms with Gasteiger partial charge in [0.2, 0.25) is 5.91 Å². The second-order valence-corrected chi connectivity index (χ2v) is 11.6. The monoisotopic (exact) mass is 626 g/mol. The minimum absolute atomic E-state index is 0.0658. The SMILES string of the molecule is CCc1nc(-c2cccc3cc(-c4ccc(C(=O)NC/C=C/c5cccc6[nH]c(=O)n(C)c56)nc4)ncc23)c2n1CCN(C(C)=O)C2. The van der Waals surface area contributed by atoms with Gasteiger partial charge in [-0.1, -0.05) is 49.4 Å². The van der Waals surface area contributed by atoms with Gasteiger partial charge in [0.25, 0.3) is 5.91 Å². The Labute approximate surface area is 270 Å². The van der Waals surface area contributed by atoms with Crippen molar-refractivity contribution in [2.45, 2.75) is 33.4 Å². The Morgan fingerprint density at radius 2 is 1.89 bits per heavy atom. The molecule has 11 nitrogen and oxygen atoms in total. The Morgan fingerprint density at radius 1 is 1.04 bits per heavy atom. The summed E-state index contributed by atoms with van der Waals surface area (Å²) in [5.74, 6) is 0.798. The molecule has 7 rings (SSSR count). The number of nitrogens with one attached hydrogen (secondary N) is 2. The summed E-state index contributed by atoms with van der Waals surface area (Å²) in [5.41, 5.74) is 7.06. The number of H-pyrrole nitrogens is 1. The van der Waals surface area contributed by atoms with Gasteiger partial charge in [0.1, 0.15) is 11.5 Å². The van der Waals surface area contributed by atoms with Crippen molar-refractivity contribution in [2.75, 3.05) is 13.1 Å². The van der Waals surface area contributed by atoms with Crippen molar-refractivity contribution in [1.82, 2.24) is 39.3 Å². The fraction of sp³-hybridized carbons (Fsp3) is 0.222. The van der Waals surface area contributed by atoms with Crippen LogP contribution in [0.2, 0.25) is 0 Å². The molecule has 0 radical (unpaired) electrons. The van der Waals surface area contributed by atoms with Crippen LogP contribution in [0, 0.1) is 0 Å². The van der Waals surface area contributed by atoms with Crippen molar-refractivity contribution in [3.63, 3.8) is 0 Å².